The third-order valence-electron chi connectivity index (χ3n) is 8.81. The highest BCUT2D eigenvalue weighted by Crippen LogP contribution is 2.37. The lowest BCUT2D eigenvalue weighted by molar-refractivity contribution is -0.133. The van der Waals surface area contributed by atoms with Crippen molar-refractivity contribution in [1.29, 1.82) is 0 Å². The molecule has 0 radical (unpaired) electrons. The largest absolute Gasteiger partial charge is 0.493 e. The van der Waals surface area contributed by atoms with Crippen molar-refractivity contribution in [3.8, 4) is 5.75 Å². The highest BCUT2D eigenvalue weighted by molar-refractivity contribution is 7.09. The van der Waals surface area contributed by atoms with Gasteiger partial charge in [0.1, 0.15) is 11.9 Å². The smallest absolute Gasteiger partial charge is 0.255 e. The normalized spacial score (nSPS) is 30.8. The van der Waals surface area contributed by atoms with Crippen molar-refractivity contribution < 1.29 is 24.2 Å². The summed E-state index contributed by atoms with van der Waals surface area (Å²) in [5.41, 5.74) is 1.78. The summed E-state index contributed by atoms with van der Waals surface area (Å²) in [6.45, 7) is 1.93. The quantitative estimate of drug-likeness (QED) is 0.537. The van der Waals surface area contributed by atoms with Crippen molar-refractivity contribution >= 4 is 23.2 Å². The van der Waals surface area contributed by atoms with Crippen molar-refractivity contribution in [2.45, 2.75) is 94.2 Å². The molecule has 0 unspecified atom stereocenters. The number of ether oxygens (including phenoxy) is 2. The number of hydrogen-bond acceptors (Lipinski definition) is 7. The number of benzene rings is 1. The highest BCUT2D eigenvalue weighted by Gasteiger charge is 2.39. The van der Waals surface area contributed by atoms with Gasteiger partial charge in [0, 0.05) is 37.0 Å². The average Bonchev–Trinajstić information content (AvgIpc) is 3.71. The van der Waals surface area contributed by atoms with Gasteiger partial charge in [-0.2, -0.15) is 0 Å². The van der Waals surface area contributed by atoms with Crippen molar-refractivity contribution in [1.82, 2.24) is 15.5 Å². The molecule has 2 amide bonds. The summed E-state index contributed by atoms with van der Waals surface area (Å²) < 4.78 is 12.5. The fourth-order valence-electron chi connectivity index (χ4n) is 6.64. The topological polar surface area (TPSA) is 100 Å². The van der Waals surface area contributed by atoms with E-state index in [4.69, 9.17) is 9.47 Å². The molecule has 2 saturated heterocycles. The van der Waals surface area contributed by atoms with Gasteiger partial charge in [0.05, 0.1) is 30.4 Å². The number of nitrogens with one attached hydrogen (secondary N) is 2. The molecule has 3 fully saturated rings. The van der Waals surface area contributed by atoms with Crippen molar-refractivity contribution in [2.75, 3.05) is 19.7 Å². The Hall–Kier alpha value is -2.46. The number of thiophene rings is 1. The second-order valence-electron chi connectivity index (χ2n) is 11.5. The maximum atomic E-state index is 13.6. The Morgan fingerprint density at radius 3 is 2.77 bits per heavy atom. The maximum absolute atomic E-state index is 13.6. The van der Waals surface area contributed by atoms with E-state index in [0.717, 1.165) is 6.42 Å². The minimum absolute atomic E-state index is 0.0651. The first-order valence-corrected chi connectivity index (χ1v) is 15.4. The fourth-order valence-corrected chi connectivity index (χ4v) is 7.37. The van der Waals surface area contributed by atoms with Crippen LogP contribution in [0.15, 0.2) is 35.7 Å². The van der Waals surface area contributed by atoms with Gasteiger partial charge in [0.2, 0.25) is 5.91 Å². The van der Waals surface area contributed by atoms with Crippen LogP contribution in [0.2, 0.25) is 0 Å². The minimum Gasteiger partial charge on any atom is -0.493 e. The van der Waals surface area contributed by atoms with E-state index in [-0.39, 0.29) is 36.5 Å². The van der Waals surface area contributed by atoms with E-state index in [1.54, 1.807) is 11.3 Å². The summed E-state index contributed by atoms with van der Waals surface area (Å²) >= 11 is 1.67. The molecule has 1 aliphatic carbocycles. The Morgan fingerprint density at radius 1 is 1.08 bits per heavy atom. The predicted molar refractivity (Wildman–Crippen MR) is 149 cm³/mol. The molecular weight excluding hydrogens is 514 g/mol. The van der Waals surface area contributed by atoms with Crippen LogP contribution in [-0.2, 0) is 16.1 Å². The monoisotopic (exact) mass is 553 g/mol. The summed E-state index contributed by atoms with van der Waals surface area (Å²) in [7, 11) is 0. The molecule has 4 aliphatic rings. The zero-order valence-corrected chi connectivity index (χ0v) is 23.2. The highest BCUT2D eigenvalue weighted by atomic mass is 32.1. The van der Waals surface area contributed by atoms with E-state index in [2.05, 4.69) is 33.7 Å². The molecule has 0 spiro atoms. The number of amides is 2. The number of carbonyl (C=O) groups excluding carboxylic acids is 2. The van der Waals surface area contributed by atoms with Crippen molar-refractivity contribution in [3.63, 3.8) is 0 Å². The molecule has 4 bridgehead atoms. The summed E-state index contributed by atoms with van der Waals surface area (Å²) in [6.07, 6.45) is 6.29. The Labute approximate surface area is 234 Å². The molecule has 1 aromatic heterocycles. The second-order valence-corrected chi connectivity index (χ2v) is 12.5. The van der Waals surface area contributed by atoms with E-state index >= 15 is 0 Å². The third-order valence-corrected chi connectivity index (χ3v) is 9.67. The summed E-state index contributed by atoms with van der Waals surface area (Å²) in [4.78, 5) is 30.3. The van der Waals surface area contributed by atoms with Gasteiger partial charge >= 0.3 is 0 Å². The summed E-state index contributed by atoms with van der Waals surface area (Å²) in [6, 6.07) is 9.61. The van der Waals surface area contributed by atoms with E-state index in [0.29, 0.717) is 56.2 Å². The lowest BCUT2D eigenvalue weighted by atomic mass is 9.95. The number of rotatable bonds is 3. The maximum Gasteiger partial charge on any atom is 0.255 e. The van der Waals surface area contributed by atoms with Crippen molar-refractivity contribution in [3.05, 3.63) is 51.7 Å². The van der Waals surface area contributed by atoms with Crippen LogP contribution in [0.5, 0.6) is 5.75 Å². The van der Waals surface area contributed by atoms with Gasteiger partial charge in [-0.15, -0.1) is 11.3 Å². The molecule has 4 heterocycles. The van der Waals surface area contributed by atoms with E-state index in [9.17, 15) is 14.7 Å². The first-order valence-electron chi connectivity index (χ1n) is 14.5. The molecule has 5 atom stereocenters. The number of fused-ring (bicyclic) bond motifs is 5. The molecular formula is C30H39N3O5S. The molecule has 3 N–H and O–H groups in total. The van der Waals surface area contributed by atoms with Crippen LogP contribution in [0.3, 0.4) is 0 Å². The van der Waals surface area contributed by atoms with Gasteiger partial charge in [0.25, 0.3) is 5.91 Å². The zero-order valence-electron chi connectivity index (χ0n) is 22.3. The first kappa shape index (κ1) is 26.7. The first-order chi connectivity index (χ1) is 19.0. The van der Waals surface area contributed by atoms with E-state index in [1.165, 1.54) is 36.1 Å². The number of hydrogen-bond donors (Lipinski definition) is 3. The van der Waals surface area contributed by atoms with Crippen LogP contribution in [0.4, 0.5) is 0 Å². The van der Waals surface area contributed by atoms with E-state index < -0.39 is 12.2 Å². The summed E-state index contributed by atoms with van der Waals surface area (Å²) in [5, 5.41) is 18.9. The van der Waals surface area contributed by atoms with Gasteiger partial charge in [-0.1, -0.05) is 25.0 Å². The summed E-state index contributed by atoms with van der Waals surface area (Å²) in [5.74, 6) is 0.901. The van der Waals surface area contributed by atoms with Gasteiger partial charge < -0.3 is 25.2 Å². The zero-order chi connectivity index (χ0) is 26.8. The van der Waals surface area contributed by atoms with Gasteiger partial charge in [0.15, 0.2) is 0 Å². The number of aliphatic hydroxyl groups is 1. The second kappa shape index (κ2) is 12.0. The molecule has 8 nitrogen and oxygen atoms in total. The predicted octanol–water partition coefficient (Wildman–Crippen LogP) is 3.59. The molecule has 6 rings (SSSR count). The van der Waals surface area contributed by atoms with Crippen molar-refractivity contribution in [2.24, 2.45) is 0 Å². The van der Waals surface area contributed by atoms with Crippen LogP contribution < -0.4 is 15.4 Å². The van der Waals surface area contributed by atoms with E-state index in [1.807, 2.05) is 17.5 Å². The molecule has 2 aromatic rings. The molecule has 39 heavy (non-hydrogen) atoms. The molecule has 9 heteroatoms. The minimum atomic E-state index is -0.603. The lowest BCUT2D eigenvalue weighted by Crippen LogP contribution is -2.50. The van der Waals surface area contributed by atoms with Crippen LogP contribution in [-0.4, -0.2) is 71.9 Å². The van der Waals surface area contributed by atoms with Gasteiger partial charge in [-0.25, -0.2) is 0 Å². The standard InChI is InChI=1S/C30H39N3O5S/c34-26-10-8-22-11-12-37-27-14-20(19-4-1-2-5-19)7-9-24(27)29(35)32-21-15-25(30(36)31-16-28(26)38-22)33(17-21)18-23-6-3-13-39-23/h3,6-7,9,13-14,19,21-22,25-26,28,34H,1-2,4-5,8,10-12,15-18H2,(H,31,36)(H,32,35)/t21-,22-,25-,26-,28+/m0/s1. The molecule has 1 saturated carbocycles. The van der Waals surface area contributed by atoms with Gasteiger partial charge in [-0.05, 0) is 67.2 Å². The Morgan fingerprint density at radius 2 is 1.95 bits per heavy atom. The van der Waals surface area contributed by atoms with Crippen LogP contribution >= 0.6 is 11.3 Å². The van der Waals surface area contributed by atoms with Crippen LogP contribution in [0, 0.1) is 0 Å². The Bertz CT molecular complexity index is 1150. The van der Waals surface area contributed by atoms with Gasteiger partial charge in [-0.3, -0.25) is 14.5 Å². The molecule has 3 aliphatic heterocycles. The average molecular weight is 554 g/mol. The number of likely N-dealkylation sites (tertiary alicyclic amines) is 1. The Kier molecular flexibility index (Phi) is 8.20. The van der Waals surface area contributed by atoms with Crippen LogP contribution in [0.25, 0.3) is 0 Å². The number of aliphatic hydroxyl groups excluding tert-OH is 1. The molecule has 210 valence electrons. The van der Waals surface area contributed by atoms with Crippen LogP contribution in [0.1, 0.15) is 78.1 Å². The third kappa shape index (κ3) is 6.16. The molecule has 1 aromatic carbocycles. The SMILES string of the molecule is O=C1N[C@H]2C[C@@H](C(=O)NC[C@H]3O[C@H](CCOc4cc(C5CCCC5)ccc41)CC[C@@H]3O)N(Cc1cccs1)C2. The number of carbonyl (C=O) groups is 2. The lowest BCUT2D eigenvalue weighted by Gasteiger charge is -2.34. The Balaban J connectivity index is 1.27. The fraction of sp³-hybridized carbons (Fsp3) is 0.600. The number of nitrogens with zero attached hydrogens (tertiary/aromatic N) is 1.